The van der Waals surface area contributed by atoms with Gasteiger partial charge in [-0.05, 0) is 54.5 Å². The quantitative estimate of drug-likeness (QED) is 0.368. The number of hydrogen-bond acceptors (Lipinski definition) is 2. The van der Waals surface area contributed by atoms with Crippen LogP contribution in [0.2, 0.25) is 0 Å². The van der Waals surface area contributed by atoms with Gasteiger partial charge in [0.05, 0.1) is 16.6 Å². The van der Waals surface area contributed by atoms with Gasteiger partial charge in [-0.15, -0.1) is 0 Å². The maximum atomic E-state index is 13.3. The summed E-state index contributed by atoms with van der Waals surface area (Å²) in [6, 6.07) is 22.9. The molecule has 31 heavy (non-hydrogen) atoms. The number of nitriles is 1. The van der Waals surface area contributed by atoms with Crippen LogP contribution in [-0.4, -0.2) is 14.5 Å². The molecule has 0 unspecified atom stereocenters. The fourth-order valence-corrected chi connectivity index (χ4v) is 3.87. The van der Waals surface area contributed by atoms with E-state index in [1.165, 1.54) is 12.1 Å². The average molecular weight is 406 g/mol. The van der Waals surface area contributed by atoms with Crippen LogP contribution < -0.4 is 0 Å². The molecule has 150 valence electrons. The third-order valence-electron chi connectivity index (χ3n) is 5.40. The van der Waals surface area contributed by atoms with E-state index in [0.29, 0.717) is 17.9 Å². The van der Waals surface area contributed by atoms with Crippen molar-refractivity contribution in [3.8, 4) is 6.07 Å². The molecule has 0 atom stereocenters. The second kappa shape index (κ2) is 7.58. The summed E-state index contributed by atoms with van der Waals surface area (Å²) >= 11 is 0. The first-order valence-corrected chi connectivity index (χ1v) is 10.0. The molecule has 5 heteroatoms. The van der Waals surface area contributed by atoms with Crippen LogP contribution in [0.5, 0.6) is 0 Å². The maximum Gasteiger partial charge on any atom is 0.149 e. The van der Waals surface area contributed by atoms with Gasteiger partial charge in [-0.2, -0.15) is 5.26 Å². The van der Waals surface area contributed by atoms with Crippen molar-refractivity contribution >= 4 is 33.6 Å². The van der Waals surface area contributed by atoms with Crippen molar-refractivity contribution in [3.63, 3.8) is 0 Å². The van der Waals surface area contributed by atoms with Crippen molar-refractivity contribution in [2.75, 3.05) is 0 Å². The lowest BCUT2D eigenvalue weighted by Gasteiger charge is -2.05. The lowest BCUT2D eigenvalue weighted by molar-refractivity contribution is 0.626. The van der Waals surface area contributed by atoms with Crippen molar-refractivity contribution in [2.45, 2.75) is 13.5 Å². The lowest BCUT2D eigenvalue weighted by Crippen LogP contribution is -1.97. The largest absolute Gasteiger partial charge is 0.342 e. The number of halogens is 1. The predicted octanol–water partition coefficient (Wildman–Crippen LogP) is 6.08. The minimum absolute atomic E-state index is 0.246. The van der Waals surface area contributed by atoms with E-state index in [9.17, 15) is 9.65 Å². The summed E-state index contributed by atoms with van der Waals surface area (Å²) in [5.41, 5.74) is 6.34. The van der Waals surface area contributed by atoms with E-state index >= 15 is 0 Å². The van der Waals surface area contributed by atoms with Crippen LogP contribution in [0.3, 0.4) is 0 Å². The monoisotopic (exact) mass is 406 g/mol. The van der Waals surface area contributed by atoms with Gasteiger partial charge in [0.25, 0.3) is 0 Å². The Kier molecular flexibility index (Phi) is 4.61. The Hall–Kier alpha value is -4.17. The van der Waals surface area contributed by atoms with Crippen LogP contribution in [0.4, 0.5) is 4.39 Å². The van der Waals surface area contributed by atoms with Crippen molar-refractivity contribution in [2.24, 2.45) is 0 Å². The molecule has 0 aliphatic carbocycles. The standard InChI is InChI=1S/C26H19FN4/c1-17-6-11-23-24(12-17)30-26(29-23)19(14-28)13-20-16-31(25-5-3-2-4-22(20)25)15-18-7-9-21(27)10-8-18/h2-13,16H,15H2,1H3,(H,29,30)/b19-13-. The maximum absolute atomic E-state index is 13.3. The second-order valence-electron chi connectivity index (χ2n) is 7.63. The van der Waals surface area contributed by atoms with Gasteiger partial charge in [-0.25, -0.2) is 9.37 Å². The number of fused-ring (bicyclic) bond motifs is 2. The number of aromatic nitrogens is 3. The van der Waals surface area contributed by atoms with E-state index < -0.39 is 0 Å². The molecule has 0 spiro atoms. The van der Waals surface area contributed by atoms with Crippen molar-refractivity contribution in [1.82, 2.24) is 14.5 Å². The molecule has 5 rings (SSSR count). The zero-order valence-electron chi connectivity index (χ0n) is 16.9. The first-order chi connectivity index (χ1) is 15.1. The smallest absolute Gasteiger partial charge is 0.149 e. The first kappa shape index (κ1) is 18.8. The topological polar surface area (TPSA) is 57.4 Å². The molecule has 0 saturated carbocycles. The molecule has 2 heterocycles. The Morgan fingerprint density at radius 2 is 1.94 bits per heavy atom. The van der Waals surface area contributed by atoms with Gasteiger partial charge < -0.3 is 9.55 Å². The summed E-state index contributed by atoms with van der Waals surface area (Å²) < 4.78 is 15.4. The highest BCUT2D eigenvalue weighted by Crippen LogP contribution is 2.27. The van der Waals surface area contributed by atoms with Gasteiger partial charge >= 0.3 is 0 Å². The molecular weight excluding hydrogens is 387 g/mol. The van der Waals surface area contributed by atoms with Gasteiger partial charge in [0.15, 0.2) is 0 Å². The van der Waals surface area contributed by atoms with E-state index in [-0.39, 0.29) is 5.82 Å². The molecule has 0 fully saturated rings. The molecule has 1 N–H and O–H groups in total. The van der Waals surface area contributed by atoms with Crippen LogP contribution >= 0.6 is 0 Å². The van der Waals surface area contributed by atoms with Gasteiger partial charge in [0.1, 0.15) is 17.7 Å². The number of hydrogen-bond donors (Lipinski definition) is 1. The summed E-state index contributed by atoms with van der Waals surface area (Å²) in [5, 5.41) is 10.9. The zero-order chi connectivity index (χ0) is 21.4. The van der Waals surface area contributed by atoms with Crippen molar-refractivity contribution in [1.29, 1.82) is 5.26 Å². The first-order valence-electron chi connectivity index (χ1n) is 10.0. The molecule has 0 radical (unpaired) electrons. The van der Waals surface area contributed by atoms with Gasteiger partial charge in [0.2, 0.25) is 0 Å². The number of H-pyrrole nitrogens is 1. The molecule has 2 aromatic heterocycles. The summed E-state index contributed by atoms with van der Waals surface area (Å²) in [4.78, 5) is 7.86. The Morgan fingerprint density at radius 1 is 1.13 bits per heavy atom. The van der Waals surface area contributed by atoms with Crippen LogP contribution in [0.1, 0.15) is 22.5 Å². The van der Waals surface area contributed by atoms with E-state index in [0.717, 1.165) is 38.6 Å². The molecule has 4 nitrogen and oxygen atoms in total. The summed E-state index contributed by atoms with van der Waals surface area (Å²) in [6.07, 6.45) is 3.90. The zero-order valence-corrected chi connectivity index (χ0v) is 16.9. The predicted molar refractivity (Wildman–Crippen MR) is 122 cm³/mol. The van der Waals surface area contributed by atoms with Gasteiger partial charge in [-0.1, -0.05) is 36.4 Å². The minimum atomic E-state index is -0.246. The van der Waals surface area contributed by atoms with Gasteiger partial charge in [0, 0.05) is 29.2 Å². The van der Waals surface area contributed by atoms with Crippen LogP contribution in [0, 0.1) is 24.1 Å². The molecule has 0 saturated heterocycles. The number of rotatable bonds is 4. The number of nitrogens with zero attached hydrogens (tertiary/aromatic N) is 3. The van der Waals surface area contributed by atoms with Crippen LogP contribution in [0.25, 0.3) is 33.6 Å². The normalized spacial score (nSPS) is 11.8. The number of allylic oxidation sites excluding steroid dienone is 1. The van der Waals surface area contributed by atoms with E-state index in [1.54, 1.807) is 12.1 Å². The van der Waals surface area contributed by atoms with Crippen molar-refractivity contribution < 1.29 is 4.39 Å². The molecular formula is C26H19FN4. The third-order valence-corrected chi connectivity index (χ3v) is 5.40. The molecule has 3 aromatic carbocycles. The van der Waals surface area contributed by atoms with E-state index in [2.05, 4.69) is 20.6 Å². The van der Waals surface area contributed by atoms with Crippen LogP contribution in [-0.2, 0) is 6.54 Å². The number of para-hydroxylation sites is 1. The number of imidazole rings is 1. The Morgan fingerprint density at radius 3 is 2.74 bits per heavy atom. The molecule has 0 aliphatic rings. The number of benzene rings is 3. The number of aromatic amines is 1. The van der Waals surface area contributed by atoms with Crippen LogP contribution in [0.15, 0.2) is 72.9 Å². The minimum Gasteiger partial charge on any atom is -0.342 e. The number of aryl methyl sites for hydroxylation is 1. The fourth-order valence-electron chi connectivity index (χ4n) is 3.87. The van der Waals surface area contributed by atoms with Crippen molar-refractivity contribution in [3.05, 3.63) is 101 Å². The Labute approximate surface area is 178 Å². The molecule has 0 aliphatic heterocycles. The van der Waals surface area contributed by atoms with E-state index in [4.69, 9.17) is 0 Å². The number of nitrogens with one attached hydrogen (secondary N) is 1. The molecule has 0 amide bonds. The third kappa shape index (κ3) is 3.60. The second-order valence-corrected chi connectivity index (χ2v) is 7.63. The Bertz CT molecular complexity index is 1480. The summed E-state index contributed by atoms with van der Waals surface area (Å²) in [7, 11) is 0. The molecule has 0 bridgehead atoms. The average Bonchev–Trinajstić information content (AvgIpc) is 3.35. The summed E-state index contributed by atoms with van der Waals surface area (Å²) in [5.74, 6) is 0.308. The fraction of sp³-hybridized carbons (Fsp3) is 0.0769. The van der Waals surface area contributed by atoms with Gasteiger partial charge in [-0.3, -0.25) is 0 Å². The summed E-state index contributed by atoms with van der Waals surface area (Å²) in [6.45, 7) is 2.64. The highest BCUT2D eigenvalue weighted by molar-refractivity contribution is 5.98. The van der Waals surface area contributed by atoms with E-state index in [1.807, 2.05) is 61.7 Å². The highest BCUT2D eigenvalue weighted by atomic mass is 19.1. The SMILES string of the molecule is Cc1ccc2nc(/C(C#N)=C\c3cn(Cc4ccc(F)cc4)c4ccccc34)[nH]c2c1. The lowest BCUT2D eigenvalue weighted by atomic mass is 10.1. The molecule has 5 aromatic rings. The highest BCUT2D eigenvalue weighted by Gasteiger charge is 2.12. The Balaban J connectivity index is 1.59.